The molecule has 1 saturated carbocycles. The van der Waals surface area contributed by atoms with Gasteiger partial charge in [-0.3, -0.25) is 4.90 Å². The Kier molecular flexibility index (Phi) is 5.72. The SMILES string of the molecule is CC(O)CN(Cc1ccc(F)c(C#N)c1)C1CCCCC1. The molecule has 0 amide bonds. The van der Waals surface area contributed by atoms with Crippen LogP contribution in [0.3, 0.4) is 0 Å². The van der Waals surface area contributed by atoms with Crippen LogP contribution in [0.2, 0.25) is 0 Å². The summed E-state index contributed by atoms with van der Waals surface area (Å²) in [5, 5.41) is 18.6. The number of nitriles is 1. The standard InChI is InChI=1S/C17H23FN2O/c1-13(21)11-20(16-5-3-2-4-6-16)12-14-7-8-17(18)15(9-14)10-19/h7-9,13,16,21H,2-6,11-12H2,1H3. The molecular weight excluding hydrogens is 267 g/mol. The van der Waals surface area contributed by atoms with Gasteiger partial charge in [-0.15, -0.1) is 0 Å². The first-order valence-corrected chi connectivity index (χ1v) is 7.71. The second-order valence-corrected chi connectivity index (χ2v) is 6.00. The molecule has 1 aliphatic carbocycles. The number of benzene rings is 1. The van der Waals surface area contributed by atoms with E-state index >= 15 is 0 Å². The minimum atomic E-state index is -0.471. The first-order valence-electron chi connectivity index (χ1n) is 7.71. The summed E-state index contributed by atoms with van der Waals surface area (Å²) in [6.07, 6.45) is 5.66. The van der Waals surface area contributed by atoms with Crippen LogP contribution in [0.4, 0.5) is 4.39 Å². The summed E-state index contributed by atoms with van der Waals surface area (Å²) >= 11 is 0. The van der Waals surface area contributed by atoms with Crippen molar-refractivity contribution in [3.05, 3.63) is 35.1 Å². The Bertz CT molecular complexity index is 504. The molecule has 0 spiro atoms. The molecule has 0 bridgehead atoms. The van der Waals surface area contributed by atoms with E-state index in [4.69, 9.17) is 5.26 Å². The molecule has 114 valence electrons. The molecule has 3 nitrogen and oxygen atoms in total. The maximum absolute atomic E-state index is 13.4. The van der Waals surface area contributed by atoms with Gasteiger partial charge in [0.2, 0.25) is 0 Å². The van der Waals surface area contributed by atoms with Crippen LogP contribution in [0.25, 0.3) is 0 Å². The molecule has 1 N–H and O–H groups in total. The molecule has 0 radical (unpaired) electrons. The fraction of sp³-hybridized carbons (Fsp3) is 0.588. The van der Waals surface area contributed by atoms with E-state index in [0.717, 1.165) is 18.4 Å². The van der Waals surface area contributed by atoms with Crippen molar-refractivity contribution in [2.75, 3.05) is 6.54 Å². The van der Waals surface area contributed by atoms with Gasteiger partial charge < -0.3 is 5.11 Å². The van der Waals surface area contributed by atoms with Crippen molar-refractivity contribution in [3.63, 3.8) is 0 Å². The second kappa shape index (κ2) is 7.53. The quantitative estimate of drug-likeness (QED) is 0.905. The van der Waals surface area contributed by atoms with Gasteiger partial charge in [0, 0.05) is 19.1 Å². The fourth-order valence-electron chi connectivity index (χ4n) is 3.12. The van der Waals surface area contributed by atoms with E-state index in [2.05, 4.69) is 4.90 Å². The van der Waals surface area contributed by atoms with Gasteiger partial charge in [-0.1, -0.05) is 25.3 Å². The van der Waals surface area contributed by atoms with Crippen molar-refractivity contribution in [3.8, 4) is 6.07 Å². The van der Waals surface area contributed by atoms with Gasteiger partial charge in [0.05, 0.1) is 11.7 Å². The molecular formula is C17H23FN2O. The molecule has 0 aromatic heterocycles. The zero-order valence-electron chi connectivity index (χ0n) is 12.6. The van der Waals surface area contributed by atoms with Gasteiger partial charge in [-0.25, -0.2) is 4.39 Å². The number of aliphatic hydroxyl groups excluding tert-OH is 1. The highest BCUT2D eigenvalue weighted by molar-refractivity contribution is 5.34. The summed E-state index contributed by atoms with van der Waals surface area (Å²) in [5.74, 6) is -0.471. The lowest BCUT2D eigenvalue weighted by Crippen LogP contribution is -2.40. The maximum atomic E-state index is 13.4. The van der Waals surface area contributed by atoms with Gasteiger partial charge in [0.1, 0.15) is 11.9 Å². The van der Waals surface area contributed by atoms with Crippen molar-refractivity contribution in [2.24, 2.45) is 0 Å². The Morgan fingerprint density at radius 3 is 2.71 bits per heavy atom. The number of aliphatic hydroxyl groups is 1. The third-order valence-electron chi connectivity index (χ3n) is 4.13. The first kappa shape index (κ1) is 15.9. The topological polar surface area (TPSA) is 47.3 Å². The van der Waals surface area contributed by atoms with Crippen molar-refractivity contribution in [2.45, 2.75) is 57.7 Å². The predicted octanol–water partition coefficient (Wildman–Crippen LogP) is 3.21. The van der Waals surface area contributed by atoms with E-state index in [1.165, 1.54) is 25.3 Å². The van der Waals surface area contributed by atoms with Gasteiger partial charge >= 0.3 is 0 Å². The zero-order chi connectivity index (χ0) is 15.2. The van der Waals surface area contributed by atoms with Crippen LogP contribution in [-0.4, -0.2) is 28.7 Å². The van der Waals surface area contributed by atoms with Crippen molar-refractivity contribution in [1.82, 2.24) is 4.90 Å². The summed E-state index contributed by atoms with van der Waals surface area (Å²) in [5.41, 5.74) is 1.02. The van der Waals surface area contributed by atoms with Gasteiger partial charge in [0.15, 0.2) is 0 Å². The second-order valence-electron chi connectivity index (χ2n) is 6.00. The number of hydrogen-bond acceptors (Lipinski definition) is 3. The smallest absolute Gasteiger partial charge is 0.140 e. The summed E-state index contributed by atoms with van der Waals surface area (Å²) in [6.45, 7) is 3.07. The molecule has 21 heavy (non-hydrogen) atoms. The lowest BCUT2D eigenvalue weighted by atomic mass is 9.93. The van der Waals surface area contributed by atoms with E-state index in [1.54, 1.807) is 19.1 Å². The Morgan fingerprint density at radius 2 is 2.10 bits per heavy atom. The van der Waals surface area contributed by atoms with E-state index in [1.807, 2.05) is 6.07 Å². The van der Waals surface area contributed by atoms with Crippen LogP contribution in [0.15, 0.2) is 18.2 Å². The van der Waals surface area contributed by atoms with Crippen molar-refractivity contribution in [1.29, 1.82) is 5.26 Å². The van der Waals surface area contributed by atoms with E-state index < -0.39 is 5.82 Å². The minimum Gasteiger partial charge on any atom is -0.392 e. The lowest BCUT2D eigenvalue weighted by Gasteiger charge is -2.35. The molecule has 4 heteroatoms. The average Bonchev–Trinajstić information content (AvgIpc) is 2.49. The van der Waals surface area contributed by atoms with Crippen LogP contribution in [0.1, 0.15) is 50.2 Å². The molecule has 2 rings (SSSR count). The van der Waals surface area contributed by atoms with Crippen LogP contribution < -0.4 is 0 Å². The maximum Gasteiger partial charge on any atom is 0.140 e. The highest BCUT2D eigenvalue weighted by Gasteiger charge is 2.22. The normalized spacial score (nSPS) is 17.7. The molecule has 1 fully saturated rings. The average molecular weight is 290 g/mol. The van der Waals surface area contributed by atoms with Gasteiger partial charge in [0.25, 0.3) is 0 Å². The third-order valence-corrected chi connectivity index (χ3v) is 4.13. The monoisotopic (exact) mass is 290 g/mol. The lowest BCUT2D eigenvalue weighted by molar-refractivity contribution is 0.0769. The Labute approximate surface area is 126 Å². The summed E-state index contributed by atoms with van der Waals surface area (Å²) in [6, 6.07) is 7.07. The van der Waals surface area contributed by atoms with Crippen molar-refractivity contribution >= 4 is 0 Å². The number of rotatable bonds is 5. The van der Waals surface area contributed by atoms with Crippen LogP contribution >= 0.6 is 0 Å². The van der Waals surface area contributed by atoms with Crippen LogP contribution in [-0.2, 0) is 6.54 Å². The number of halogens is 1. The molecule has 1 aliphatic rings. The molecule has 1 unspecified atom stereocenters. The Balaban J connectivity index is 2.12. The number of hydrogen-bond donors (Lipinski definition) is 1. The Morgan fingerprint density at radius 1 is 1.38 bits per heavy atom. The highest BCUT2D eigenvalue weighted by atomic mass is 19.1. The third kappa shape index (κ3) is 4.52. The van der Waals surface area contributed by atoms with Gasteiger partial charge in [-0.2, -0.15) is 5.26 Å². The molecule has 1 atom stereocenters. The molecule has 0 heterocycles. The molecule has 0 saturated heterocycles. The summed E-state index contributed by atoms with van der Waals surface area (Å²) in [4.78, 5) is 2.28. The van der Waals surface area contributed by atoms with E-state index in [0.29, 0.717) is 19.1 Å². The highest BCUT2D eigenvalue weighted by Crippen LogP contribution is 2.24. The summed E-state index contributed by atoms with van der Waals surface area (Å²) in [7, 11) is 0. The van der Waals surface area contributed by atoms with Crippen LogP contribution in [0.5, 0.6) is 0 Å². The first-order chi connectivity index (χ1) is 10.1. The van der Waals surface area contributed by atoms with Crippen LogP contribution in [0, 0.1) is 17.1 Å². The largest absolute Gasteiger partial charge is 0.392 e. The van der Waals surface area contributed by atoms with E-state index in [9.17, 15) is 9.50 Å². The number of nitrogens with zero attached hydrogens (tertiary/aromatic N) is 2. The zero-order valence-corrected chi connectivity index (χ0v) is 12.6. The summed E-state index contributed by atoms with van der Waals surface area (Å²) < 4.78 is 13.4. The molecule has 0 aliphatic heterocycles. The van der Waals surface area contributed by atoms with E-state index in [-0.39, 0.29) is 11.7 Å². The Hall–Kier alpha value is -1.44. The molecule has 1 aromatic rings. The molecule has 1 aromatic carbocycles. The minimum absolute atomic E-state index is 0.0909. The predicted molar refractivity (Wildman–Crippen MR) is 80.1 cm³/mol. The van der Waals surface area contributed by atoms with Crippen molar-refractivity contribution < 1.29 is 9.50 Å². The fourth-order valence-corrected chi connectivity index (χ4v) is 3.12. The van der Waals surface area contributed by atoms with Gasteiger partial charge in [-0.05, 0) is 37.5 Å².